The lowest BCUT2D eigenvalue weighted by Gasteiger charge is -2.11. The Hall–Kier alpha value is -3.12. The number of benzene rings is 2. The topological polar surface area (TPSA) is 76.7 Å². The third-order valence-electron chi connectivity index (χ3n) is 3.95. The molecule has 0 aliphatic rings. The van der Waals surface area contributed by atoms with Crippen molar-refractivity contribution in [2.45, 2.75) is 16.5 Å². The van der Waals surface area contributed by atoms with E-state index >= 15 is 0 Å². The predicted molar refractivity (Wildman–Crippen MR) is 106 cm³/mol. The minimum atomic E-state index is 0.543. The van der Waals surface area contributed by atoms with Crippen molar-refractivity contribution in [3.05, 3.63) is 78.8 Å². The molecule has 2 heterocycles. The van der Waals surface area contributed by atoms with Crippen molar-refractivity contribution in [3.8, 4) is 0 Å². The highest BCUT2D eigenvalue weighted by atomic mass is 32.2. The van der Waals surface area contributed by atoms with Gasteiger partial charge >= 0.3 is 0 Å². The smallest absolute Gasteiger partial charge is 0.154 e. The second-order valence-electron chi connectivity index (χ2n) is 5.71. The predicted octanol–water partition coefficient (Wildman–Crippen LogP) is 4.37. The van der Waals surface area contributed by atoms with Crippen LogP contribution in [0.25, 0.3) is 10.9 Å². The van der Waals surface area contributed by atoms with Crippen molar-refractivity contribution in [2.24, 2.45) is 0 Å². The number of hydrogen-bond acceptors (Lipinski definition) is 6. The molecular formula is C20H17N5S. The van der Waals surface area contributed by atoms with Crippen molar-refractivity contribution < 1.29 is 0 Å². The summed E-state index contributed by atoms with van der Waals surface area (Å²) in [6.07, 6.45) is 3.33. The summed E-state index contributed by atoms with van der Waals surface area (Å²) in [5.74, 6) is 0.638. The van der Waals surface area contributed by atoms with Crippen LogP contribution in [0.2, 0.25) is 0 Å². The Kier molecular flexibility index (Phi) is 4.66. The number of para-hydroxylation sites is 1. The molecule has 0 saturated carbocycles. The van der Waals surface area contributed by atoms with Gasteiger partial charge in [-0.25, -0.2) is 9.97 Å². The van der Waals surface area contributed by atoms with Crippen molar-refractivity contribution in [2.75, 3.05) is 11.1 Å². The first kappa shape index (κ1) is 16.4. The van der Waals surface area contributed by atoms with Crippen LogP contribution in [0.15, 0.2) is 83.1 Å². The second kappa shape index (κ2) is 7.41. The zero-order valence-electron chi connectivity index (χ0n) is 14.0. The number of rotatable bonds is 5. The van der Waals surface area contributed by atoms with Crippen molar-refractivity contribution in [1.82, 2.24) is 15.0 Å². The van der Waals surface area contributed by atoms with E-state index in [1.165, 1.54) is 18.1 Å². The summed E-state index contributed by atoms with van der Waals surface area (Å²) in [6.45, 7) is 0.655. The number of nitrogens with one attached hydrogen (secondary N) is 1. The van der Waals surface area contributed by atoms with Crippen LogP contribution >= 0.6 is 11.8 Å². The third kappa shape index (κ3) is 3.45. The van der Waals surface area contributed by atoms with Crippen molar-refractivity contribution >= 4 is 34.2 Å². The Bertz CT molecular complexity index is 1030. The lowest BCUT2D eigenvalue weighted by atomic mass is 10.2. The number of anilines is 2. The van der Waals surface area contributed by atoms with Gasteiger partial charge < -0.3 is 11.1 Å². The standard InChI is InChI=1S/C20H17N5S/c21-17-19(23-12-14-6-2-1-3-7-14)24-13-25-20(17)26-16-10-4-8-15-9-5-11-22-18(15)16/h1-11,13H,12,21H2,(H,23,24,25). The van der Waals surface area contributed by atoms with Gasteiger partial charge in [-0.3, -0.25) is 4.98 Å². The maximum atomic E-state index is 6.31. The van der Waals surface area contributed by atoms with Crippen molar-refractivity contribution in [3.63, 3.8) is 0 Å². The lowest BCUT2D eigenvalue weighted by molar-refractivity contribution is 1.03. The van der Waals surface area contributed by atoms with Gasteiger partial charge in [0.25, 0.3) is 0 Å². The second-order valence-corrected chi connectivity index (χ2v) is 6.74. The maximum absolute atomic E-state index is 6.31. The summed E-state index contributed by atoms with van der Waals surface area (Å²) in [7, 11) is 0. The molecule has 0 fully saturated rings. The first-order valence-corrected chi connectivity index (χ1v) is 9.03. The number of hydrogen-bond donors (Lipinski definition) is 2. The van der Waals surface area contributed by atoms with E-state index in [2.05, 4.69) is 32.4 Å². The van der Waals surface area contributed by atoms with Crippen LogP contribution in [0.4, 0.5) is 11.5 Å². The molecule has 0 bridgehead atoms. The van der Waals surface area contributed by atoms with Gasteiger partial charge in [-0.2, -0.15) is 0 Å². The maximum Gasteiger partial charge on any atom is 0.154 e. The summed E-state index contributed by atoms with van der Waals surface area (Å²) in [4.78, 5) is 14.1. The third-order valence-corrected chi connectivity index (χ3v) is 5.02. The molecule has 0 saturated heterocycles. The number of aromatic nitrogens is 3. The Balaban J connectivity index is 1.59. The molecule has 0 amide bonds. The fourth-order valence-corrected chi connectivity index (χ4v) is 3.57. The summed E-state index contributed by atoms with van der Waals surface area (Å²) < 4.78 is 0. The van der Waals surface area contributed by atoms with E-state index in [0.717, 1.165) is 21.4 Å². The average molecular weight is 359 g/mol. The number of nitrogens with zero attached hydrogens (tertiary/aromatic N) is 3. The van der Waals surface area contributed by atoms with E-state index in [1.807, 2.05) is 48.5 Å². The van der Waals surface area contributed by atoms with Crippen LogP contribution in [0.1, 0.15) is 5.56 Å². The molecule has 4 rings (SSSR count). The lowest BCUT2D eigenvalue weighted by Crippen LogP contribution is -2.06. The van der Waals surface area contributed by atoms with Gasteiger partial charge in [-0.1, -0.05) is 60.3 Å². The summed E-state index contributed by atoms with van der Waals surface area (Å²) in [5.41, 5.74) is 8.96. The molecular weight excluding hydrogens is 342 g/mol. The Morgan fingerprint density at radius 3 is 2.62 bits per heavy atom. The monoisotopic (exact) mass is 359 g/mol. The molecule has 26 heavy (non-hydrogen) atoms. The minimum absolute atomic E-state index is 0.543. The fourth-order valence-electron chi connectivity index (χ4n) is 2.65. The average Bonchev–Trinajstić information content (AvgIpc) is 2.70. The highest BCUT2D eigenvalue weighted by Crippen LogP contribution is 2.36. The van der Waals surface area contributed by atoms with E-state index in [1.54, 1.807) is 6.20 Å². The van der Waals surface area contributed by atoms with Gasteiger partial charge in [0.1, 0.15) is 17.0 Å². The Morgan fingerprint density at radius 1 is 0.885 bits per heavy atom. The van der Waals surface area contributed by atoms with E-state index in [9.17, 15) is 0 Å². The van der Waals surface area contributed by atoms with Gasteiger partial charge in [0.05, 0.1) is 5.52 Å². The fraction of sp³-hybridized carbons (Fsp3) is 0.0500. The quantitative estimate of drug-likeness (QED) is 0.515. The van der Waals surface area contributed by atoms with Crippen LogP contribution in [-0.4, -0.2) is 15.0 Å². The molecule has 4 aromatic rings. The van der Waals surface area contributed by atoms with Gasteiger partial charge in [0, 0.05) is 23.0 Å². The zero-order chi connectivity index (χ0) is 17.8. The molecule has 0 unspecified atom stereocenters. The molecule has 6 heteroatoms. The molecule has 2 aromatic carbocycles. The van der Waals surface area contributed by atoms with Crippen molar-refractivity contribution in [1.29, 1.82) is 0 Å². The molecule has 2 aromatic heterocycles. The molecule has 3 N–H and O–H groups in total. The highest BCUT2D eigenvalue weighted by Gasteiger charge is 2.11. The molecule has 5 nitrogen and oxygen atoms in total. The van der Waals surface area contributed by atoms with Crippen LogP contribution < -0.4 is 11.1 Å². The molecule has 0 aliphatic heterocycles. The number of fused-ring (bicyclic) bond motifs is 1. The summed E-state index contributed by atoms with van der Waals surface area (Å²) in [6, 6.07) is 20.2. The van der Waals surface area contributed by atoms with Gasteiger partial charge in [0.15, 0.2) is 5.82 Å². The van der Waals surface area contributed by atoms with Gasteiger partial charge in [-0.05, 0) is 17.7 Å². The minimum Gasteiger partial charge on any atom is -0.394 e. The van der Waals surface area contributed by atoms with E-state index in [4.69, 9.17) is 5.73 Å². The summed E-state index contributed by atoms with van der Waals surface area (Å²) in [5, 5.41) is 5.09. The largest absolute Gasteiger partial charge is 0.394 e. The molecule has 0 atom stereocenters. The number of nitrogen functional groups attached to an aromatic ring is 1. The van der Waals surface area contributed by atoms with E-state index < -0.39 is 0 Å². The number of nitrogens with two attached hydrogens (primary N) is 1. The zero-order valence-corrected chi connectivity index (χ0v) is 14.8. The SMILES string of the molecule is Nc1c(NCc2ccccc2)ncnc1Sc1cccc2cccnc12. The van der Waals surface area contributed by atoms with Gasteiger partial charge in [0.2, 0.25) is 0 Å². The van der Waals surface area contributed by atoms with E-state index in [-0.39, 0.29) is 0 Å². The first-order valence-electron chi connectivity index (χ1n) is 8.21. The molecule has 128 valence electrons. The molecule has 0 spiro atoms. The van der Waals surface area contributed by atoms with Crippen LogP contribution in [-0.2, 0) is 6.54 Å². The van der Waals surface area contributed by atoms with E-state index in [0.29, 0.717) is 23.1 Å². The molecule has 0 radical (unpaired) electrons. The summed E-state index contributed by atoms with van der Waals surface area (Å²) >= 11 is 1.50. The van der Waals surface area contributed by atoms with Crippen LogP contribution in [0.5, 0.6) is 0 Å². The molecule has 0 aliphatic carbocycles. The number of pyridine rings is 1. The van der Waals surface area contributed by atoms with Gasteiger partial charge in [-0.15, -0.1) is 0 Å². The Labute approximate surface area is 155 Å². The van der Waals surface area contributed by atoms with Crippen LogP contribution in [0.3, 0.4) is 0 Å². The Morgan fingerprint density at radius 2 is 1.73 bits per heavy atom. The first-order chi connectivity index (χ1) is 12.8. The van der Waals surface area contributed by atoms with Crippen LogP contribution in [0, 0.1) is 0 Å². The highest BCUT2D eigenvalue weighted by molar-refractivity contribution is 7.99. The normalized spacial score (nSPS) is 10.8.